The summed E-state index contributed by atoms with van der Waals surface area (Å²) >= 11 is 7.97. The Bertz CT molecular complexity index is 829. The molecule has 4 heterocycles. The Balaban J connectivity index is 1.21. The Morgan fingerprint density at radius 2 is 2.20 bits per heavy atom. The Labute approximate surface area is 155 Å². The third-order valence-corrected chi connectivity index (χ3v) is 7.12. The minimum Gasteiger partial charge on any atom is -0.377 e. The molecule has 7 heteroatoms. The summed E-state index contributed by atoms with van der Waals surface area (Å²) in [6, 6.07) is 3.61. The van der Waals surface area contributed by atoms with Crippen molar-refractivity contribution < 1.29 is 9.53 Å². The van der Waals surface area contributed by atoms with E-state index in [4.69, 9.17) is 16.3 Å². The lowest BCUT2D eigenvalue weighted by molar-refractivity contribution is 0.0284. The molecule has 2 aromatic rings. The number of halogens is 1. The topological polar surface area (TPSA) is 46.8 Å². The van der Waals surface area contributed by atoms with Crippen molar-refractivity contribution in [1.29, 1.82) is 0 Å². The molecule has 1 atom stereocenters. The lowest BCUT2D eigenvalue weighted by Gasteiger charge is -2.47. The van der Waals surface area contributed by atoms with E-state index in [1.165, 1.54) is 12.8 Å². The molecule has 1 saturated carbocycles. The van der Waals surface area contributed by atoms with Gasteiger partial charge in [0.25, 0.3) is 5.91 Å². The van der Waals surface area contributed by atoms with Gasteiger partial charge < -0.3 is 14.0 Å². The van der Waals surface area contributed by atoms with Gasteiger partial charge >= 0.3 is 0 Å². The van der Waals surface area contributed by atoms with Gasteiger partial charge in [-0.05, 0) is 37.3 Å². The third kappa shape index (κ3) is 3.04. The van der Waals surface area contributed by atoms with Gasteiger partial charge in [0, 0.05) is 37.8 Å². The van der Waals surface area contributed by atoms with Crippen LogP contribution in [0.4, 0.5) is 0 Å². The average Bonchev–Trinajstić information content (AvgIpc) is 3.14. The van der Waals surface area contributed by atoms with E-state index in [1.807, 2.05) is 22.7 Å². The fraction of sp³-hybridized carbons (Fsp3) is 0.556. The Hall–Kier alpha value is -1.24. The van der Waals surface area contributed by atoms with Crippen molar-refractivity contribution in [2.45, 2.75) is 30.1 Å². The number of hydrogen-bond donors (Lipinski definition) is 0. The number of hydrogen-bond acceptors (Lipinski definition) is 4. The van der Waals surface area contributed by atoms with E-state index in [9.17, 15) is 4.79 Å². The number of carbonyl (C=O) groups excluding carboxylic acids is 1. The largest absolute Gasteiger partial charge is 0.377 e. The molecule has 2 aliphatic heterocycles. The lowest BCUT2D eigenvalue weighted by atomic mass is 9.92. The monoisotopic (exact) mass is 377 g/mol. The van der Waals surface area contributed by atoms with Gasteiger partial charge in [-0.15, -0.1) is 11.8 Å². The molecule has 5 nitrogen and oxygen atoms in total. The van der Waals surface area contributed by atoms with Gasteiger partial charge in [-0.25, -0.2) is 4.98 Å². The smallest absolute Gasteiger partial charge is 0.274 e. The average molecular weight is 378 g/mol. The third-order valence-electron chi connectivity index (χ3n) is 5.32. The molecule has 2 aromatic heterocycles. The first-order valence-corrected chi connectivity index (χ1v) is 10.2. The van der Waals surface area contributed by atoms with E-state index in [0.29, 0.717) is 16.8 Å². The summed E-state index contributed by atoms with van der Waals surface area (Å²) in [6.07, 6.45) is 7.62. The number of nitrogens with zero attached hydrogens (tertiary/aromatic N) is 3. The molecule has 3 fully saturated rings. The number of aromatic nitrogens is 2. The minimum atomic E-state index is 0.00777. The van der Waals surface area contributed by atoms with Gasteiger partial charge in [-0.3, -0.25) is 4.79 Å². The van der Waals surface area contributed by atoms with E-state index in [2.05, 4.69) is 4.98 Å². The van der Waals surface area contributed by atoms with Crippen LogP contribution in [0.1, 0.15) is 29.8 Å². The van der Waals surface area contributed by atoms with Crippen molar-refractivity contribution in [3.05, 3.63) is 35.2 Å². The van der Waals surface area contributed by atoms with Gasteiger partial charge in [0.1, 0.15) is 11.3 Å². The van der Waals surface area contributed by atoms with E-state index < -0.39 is 0 Å². The maximum Gasteiger partial charge on any atom is 0.274 e. The molecule has 25 heavy (non-hydrogen) atoms. The van der Waals surface area contributed by atoms with Crippen LogP contribution in [0.5, 0.6) is 0 Å². The molecule has 5 rings (SSSR count). The zero-order valence-corrected chi connectivity index (χ0v) is 15.4. The molecular weight excluding hydrogens is 358 g/mol. The second-order valence-corrected chi connectivity index (χ2v) is 9.42. The van der Waals surface area contributed by atoms with Crippen molar-refractivity contribution in [2.75, 3.05) is 25.4 Å². The van der Waals surface area contributed by atoms with E-state index >= 15 is 0 Å². The fourth-order valence-electron chi connectivity index (χ4n) is 3.71. The maximum atomic E-state index is 12.7. The predicted octanol–water partition coefficient (Wildman–Crippen LogP) is 3.11. The summed E-state index contributed by atoms with van der Waals surface area (Å²) < 4.78 is 8.04. The van der Waals surface area contributed by atoms with Crippen LogP contribution in [0.2, 0.25) is 5.02 Å². The Morgan fingerprint density at radius 3 is 3.00 bits per heavy atom. The highest BCUT2D eigenvalue weighted by atomic mass is 35.5. The number of rotatable bonds is 4. The van der Waals surface area contributed by atoms with Crippen LogP contribution in [0.15, 0.2) is 24.5 Å². The SMILES string of the molecule is O=C(c1cn2cc(Cl)ccc2n1)N1CC2(C[C@H](OCC3CC3)CS2)C1. The summed E-state index contributed by atoms with van der Waals surface area (Å²) in [6.45, 7) is 2.52. The number of thioether (sulfide) groups is 1. The van der Waals surface area contributed by atoms with Gasteiger partial charge in [-0.2, -0.15) is 0 Å². The summed E-state index contributed by atoms with van der Waals surface area (Å²) in [5, 5.41) is 0.631. The standard InChI is InChI=1S/C18H20ClN3O2S/c19-13-3-4-16-20-15(7-21(16)6-13)17(23)22-10-18(11-22)5-14(9-25-18)24-8-12-1-2-12/h3-4,6-7,12,14H,1-2,5,8-11H2/t14-/m0/s1. The molecule has 0 unspecified atom stereocenters. The van der Waals surface area contributed by atoms with Crippen molar-refractivity contribution in [3.8, 4) is 0 Å². The van der Waals surface area contributed by atoms with Crippen LogP contribution in [-0.4, -0.2) is 56.5 Å². The van der Waals surface area contributed by atoms with Crippen LogP contribution >= 0.6 is 23.4 Å². The number of pyridine rings is 1. The van der Waals surface area contributed by atoms with Crippen molar-refractivity contribution in [3.63, 3.8) is 0 Å². The molecule has 1 spiro atoms. The van der Waals surface area contributed by atoms with Crippen molar-refractivity contribution >= 4 is 34.9 Å². The molecule has 132 valence electrons. The van der Waals surface area contributed by atoms with Gasteiger partial charge in [-0.1, -0.05) is 11.6 Å². The fourth-order valence-corrected chi connectivity index (χ4v) is 5.43. The van der Waals surface area contributed by atoms with Gasteiger partial charge in [0.2, 0.25) is 0 Å². The second-order valence-electron chi connectivity index (χ2n) is 7.50. The lowest BCUT2D eigenvalue weighted by Crippen LogP contribution is -2.60. The zero-order valence-electron chi connectivity index (χ0n) is 13.9. The summed E-state index contributed by atoms with van der Waals surface area (Å²) in [4.78, 5) is 19.0. The van der Waals surface area contributed by atoms with Crippen LogP contribution in [0.3, 0.4) is 0 Å². The Morgan fingerprint density at radius 1 is 1.36 bits per heavy atom. The number of fused-ring (bicyclic) bond motifs is 1. The minimum absolute atomic E-state index is 0.00777. The summed E-state index contributed by atoms with van der Waals surface area (Å²) in [7, 11) is 0. The molecule has 0 bridgehead atoms. The number of imidazole rings is 1. The van der Waals surface area contributed by atoms with Crippen molar-refractivity contribution in [2.24, 2.45) is 5.92 Å². The molecule has 0 N–H and O–H groups in total. The number of amides is 1. The first kappa shape index (κ1) is 16.0. The first-order valence-electron chi connectivity index (χ1n) is 8.79. The van der Waals surface area contributed by atoms with Crippen LogP contribution in [-0.2, 0) is 4.74 Å². The molecule has 0 radical (unpaired) electrons. The van der Waals surface area contributed by atoms with E-state index in [1.54, 1.807) is 22.9 Å². The molecule has 3 aliphatic rings. The second kappa shape index (κ2) is 5.89. The molecule has 1 aliphatic carbocycles. The highest BCUT2D eigenvalue weighted by Gasteiger charge is 2.51. The number of likely N-dealkylation sites (tertiary alicyclic amines) is 1. The molecule has 2 saturated heterocycles. The van der Waals surface area contributed by atoms with Crippen LogP contribution in [0.25, 0.3) is 5.65 Å². The van der Waals surface area contributed by atoms with Gasteiger partial charge in [0.15, 0.2) is 0 Å². The van der Waals surface area contributed by atoms with Crippen LogP contribution < -0.4 is 0 Å². The molecule has 1 amide bonds. The maximum absolute atomic E-state index is 12.7. The zero-order chi connectivity index (χ0) is 17.0. The summed E-state index contributed by atoms with van der Waals surface area (Å²) in [5.74, 6) is 1.87. The predicted molar refractivity (Wildman–Crippen MR) is 98.4 cm³/mol. The van der Waals surface area contributed by atoms with Crippen molar-refractivity contribution in [1.82, 2.24) is 14.3 Å². The van der Waals surface area contributed by atoms with E-state index in [0.717, 1.165) is 43.4 Å². The van der Waals surface area contributed by atoms with Crippen LogP contribution in [0, 0.1) is 5.92 Å². The first-order chi connectivity index (χ1) is 12.1. The van der Waals surface area contributed by atoms with E-state index in [-0.39, 0.29) is 10.7 Å². The Kier molecular flexibility index (Phi) is 3.77. The molecular formula is C18H20ClN3O2S. The summed E-state index contributed by atoms with van der Waals surface area (Å²) in [5.41, 5.74) is 1.23. The highest BCUT2D eigenvalue weighted by molar-refractivity contribution is 8.01. The molecule has 0 aromatic carbocycles. The number of ether oxygens (including phenoxy) is 1. The highest BCUT2D eigenvalue weighted by Crippen LogP contribution is 2.46. The van der Waals surface area contributed by atoms with Gasteiger partial charge in [0.05, 0.1) is 15.9 Å². The quantitative estimate of drug-likeness (QED) is 0.821. The number of carbonyl (C=O) groups is 1. The normalized spacial score (nSPS) is 24.8.